The maximum Gasteiger partial charge on any atom is 0.270 e. The fraction of sp³-hybridized carbons (Fsp3) is 0.148. The molecule has 1 aliphatic rings. The smallest absolute Gasteiger partial charge is 0.270 e. The molecule has 0 atom stereocenters. The number of aryl methyl sites for hydroxylation is 1. The van der Waals surface area contributed by atoms with Crippen LogP contribution in [0.2, 0.25) is 10.0 Å². The molecule has 1 fully saturated rings. The highest BCUT2D eigenvalue weighted by Gasteiger charge is 2.34. The van der Waals surface area contributed by atoms with Crippen LogP contribution < -0.4 is 19.7 Å². The van der Waals surface area contributed by atoms with Gasteiger partial charge in [0.1, 0.15) is 12.2 Å². The second-order valence-electron chi connectivity index (χ2n) is 8.03. The first-order valence-corrected chi connectivity index (χ1v) is 13.1. The van der Waals surface area contributed by atoms with E-state index in [1.54, 1.807) is 42.5 Å². The summed E-state index contributed by atoms with van der Waals surface area (Å²) in [6.45, 7) is 2.23. The van der Waals surface area contributed by atoms with E-state index in [-0.39, 0.29) is 17.3 Å². The molecule has 190 valence electrons. The zero-order valence-electron chi connectivity index (χ0n) is 19.8. The molecule has 1 heterocycles. The lowest BCUT2D eigenvalue weighted by Gasteiger charge is -2.29. The van der Waals surface area contributed by atoms with Crippen LogP contribution in [0.4, 0.5) is 5.69 Å². The Morgan fingerprint density at radius 1 is 1.05 bits per heavy atom. The summed E-state index contributed by atoms with van der Waals surface area (Å²) >= 11 is 21.0. The predicted octanol–water partition coefficient (Wildman–Crippen LogP) is 6.74. The number of hydrogen-bond donors (Lipinski definition) is 1. The highest BCUT2D eigenvalue weighted by molar-refractivity contribution is 9.10. The molecule has 1 saturated heterocycles. The second kappa shape index (κ2) is 11.6. The number of halogens is 3. The summed E-state index contributed by atoms with van der Waals surface area (Å²) in [5, 5.41) is 3.65. The van der Waals surface area contributed by atoms with Crippen LogP contribution in [-0.2, 0) is 22.6 Å². The van der Waals surface area contributed by atoms with Gasteiger partial charge in [0.15, 0.2) is 16.6 Å². The van der Waals surface area contributed by atoms with E-state index in [9.17, 15) is 9.59 Å². The quantitative estimate of drug-likeness (QED) is 0.180. The number of thiocarbonyl (C=S) groups is 1. The van der Waals surface area contributed by atoms with Gasteiger partial charge >= 0.3 is 0 Å². The number of carbonyl (C=O) groups excluding carboxylic acids is 2. The standard InChI is InChI=1S/C27H21BrCl2N2O4S/c1-3-15-4-8-19(9-5-15)32-26(34)20(25(33)31-27(32)37)10-17-11-23(35-2)24(13-21(17)28)36-14-16-6-7-18(29)12-22(16)30/h4-13H,3,14H2,1-2H3,(H,31,33,37)/b20-10+. The molecule has 1 aliphatic heterocycles. The number of benzene rings is 3. The molecule has 2 amide bonds. The number of carbonyl (C=O) groups is 2. The summed E-state index contributed by atoms with van der Waals surface area (Å²) in [6, 6.07) is 16.0. The van der Waals surface area contributed by atoms with E-state index in [2.05, 4.69) is 21.2 Å². The lowest BCUT2D eigenvalue weighted by Crippen LogP contribution is -2.54. The first-order chi connectivity index (χ1) is 17.7. The molecule has 0 aromatic heterocycles. The Bertz CT molecular complexity index is 1430. The van der Waals surface area contributed by atoms with Gasteiger partial charge in [-0.25, -0.2) is 0 Å². The van der Waals surface area contributed by atoms with E-state index in [0.717, 1.165) is 17.5 Å². The van der Waals surface area contributed by atoms with Gasteiger partial charge in [-0.3, -0.25) is 19.8 Å². The molecule has 1 N–H and O–H groups in total. The molecular weight excluding hydrogens is 599 g/mol. The number of ether oxygens (including phenoxy) is 2. The minimum absolute atomic E-state index is 0.0256. The average molecular weight is 620 g/mol. The minimum Gasteiger partial charge on any atom is -0.493 e. The molecule has 4 rings (SSSR count). The number of nitrogens with zero attached hydrogens (tertiary/aromatic N) is 1. The number of hydrogen-bond acceptors (Lipinski definition) is 5. The van der Waals surface area contributed by atoms with Gasteiger partial charge in [0.2, 0.25) is 0 Å². The van der Waals surface area contributed by atoms with Crippen molar-refractivity contribution >= 4 is 80.0 Å². The third-order valence-electron chi connectivity index (χ3n) is 5.69. The molecule has 0 spiro atoms. The van der Waals surface area contributed by atoms with Gasteiger partial charge < -0.3 is 9.47 Å². The third-order valence-corrected chi connectivity index (χ3v) is 7.24. The molecule has 3 aromatic carbocycles. The molecule has 0 aliphatic carbocycles. The van der Waals surface area contributed by atoms with Gasteiger partial charge in [0.25, 0.3) is 11.8 Å². The monoisotopic (exact) mass is 618 g/mol. The Balaban J connectivity index is 1.63. The molecule has 0 unspecified atom stereocenters. The third kappa shape index (κ3) is 5.99. The summed E-state index contributed by atoms with van der Waals surface area (Å²) in [5.74, 6) is -0.256. The Morgan fingerprint density at radius 3 is 2.43 bits per heavy atom. The van der Waals surface area contributed by atoms with Gasteiger partial charge in [0.05, 0.1) is 12.8 Å². The molecule has 0 saturated carbocycles. The van der Waals surface area contributed by atoms with Crippen LogP contribution in [0.5, 0.6) is 11.5 Å². The zero-order chi connectivity index (χ0) is 26.7. The number of anilines is 1. The average Bonchev–Trinajstić information content (AvgIpc) is 2.87. The van der Waals surface area contributed by atoms with Gasteiger partial charge in [0, 0.05) is 20.1 Å². The van der Waals surface area contributed by atoms with Gasteiger partial charge in [-0.15, -0.1) is 0 Å². The van der Waals surface area contributed by atoms with Crippen molar-refractivity contribution in [2.45, 2.75) is 20.0 Å². The van der Waals surface area contributed by atoms with Crippen LogP contribution in [0.15, 0.2) is 64.6 Å². The summed E-state index contributed by atoms with van der Waals surface area (Å²) < 4.78 is 12.0. The lowest BCUT2D eigenvalue weighted by atomic mass is 10.1. The Kier molecular flexibility index (Phi) is 8.54. The topological polar surface area (TPSA) is 67.9 Å². The Morgan fingerprint density at radius 2 is 1.78 bits per heavy atom. The van der Waals surface area contributed by atoms with Crippen molar-refractivity contribution in [1.82, 2.24) is 5.32 Å². The van der Waals surface area contributed by atoms with Crippen molar-refractivity contribution in [1.29, 1.82) is 0 Å². The van der Waals surface area contributed by atoms with Crippen LogP contribution in [0, 0.1) is 0 Å². The highest BCUT2D eigenvalue weighted by Crippen LogP contribution is 2.36. The van der Waals surface area contributed by atoms with Crippen molar-refractivity contribution < 1.29 is 19.1 Å². The van der Waals surface area contributed by atoms with Crippen molar-refractivity contribution in [3.63, 3.8) is 0 Å². The molecule has 0 bridgehead atoms. The van der Waals surface area contributed by atoms with Crippen molar-refractivity contribution in [3.05, 3.63) is 91.4 Å². The first-order valence-electron chi connectivity index (χ1n) is 11.2. The number of methoxy groups -OCH3 is 1. The van der Waals surface area contributed by atoms with Crippen molar-refractivity contribution in [2.24, 2.45) is 0 Å². The van der Waals surface area contributed by atoms with E-state index in [1.165, 1.54) is 18.1 Å². The number of rotatable bonds is 7. The fourth-order valence-corrected chi connectivity index (χ4v) is 4.84. The molecule has 6 nitrogen and oxygen atoms in total. The van der Waals surface area contributed by atoms with E-state index in [4.69, 9.17) is 44.9 Å². The summed E-state index contributed by atoms with van der Waals surface area (Å²) in [7, 11) is 1.50. The normalized spacial score (nSPS) is 14.7. The maximum absolute atomic E-state index is 13.4. The Hall–Kier alpha value is -2.91. The van der Waals surface area contributed by atoms with Crippen LogP contribution in [0.25, 0.3) is 6.08 Å². The summed E-state index contributed by atoms with van der Waals surface area (Å²) in [4.78, 5) is 27.4. The molecular formula is C27H21BrCl2N2O4S. The van der Waals surface area contributed by atoms with E-state index in [0.29, 0.717) is 37.3 Å². The lowest BCUT2D eigenvalue weighted by molar-refractivity contribution is -0.122. The number of amides is 2. The largest absolute Gasteiger partial charge is 0.493 e. The van der Waals surface area contributed by atoms with Crippen molar-refractivity contribution in [2.75, 3.05) is 12.0 Å². The predicted molar refractivity (Wildman–Crippen MR) is 154 cm³/mol. The van der Waals surface area contributed by atoms with Crippen molar-refractivity contribution in [3.8, 4) is 11.5 Å². The molecule has 3 aromatic rings. The van der Waals surface area contributed by atoms with E-state index in [1.807, 2.05) is 19.1 Å². The summed E-state index contributed by atoms with van der Waals surface area (Å²) in [6.07, 6.45) is 2.35. The van der Waals surface area contributed by atoms with Gasteiger partial charge in [-0.2, -0.15) is 0 Å². The molecule has 10 heteroatoms. The van der Waals surface area contributed by atoms with Crippen LogP contribution in [0.1, 0.15) is 23.6 Å². The van der Waals surface area contributed by atoms with Crippen LogP contribution in [0.3, 0.4) is 0 Å². The van der Waals surface area contributed by atoms with E-state index >= 15 is 0 Å². The van der Waals surface area contributed by atoms with Gasteiger partial charge in [-0.05, 0) is 72.2 Å². The SMILES string of the molecule is CCc1ccc(N2C(=O)/C(=C/c3cc(OC)c(OCc4ccc(Cl)cc4Cl)cc3Br)C(=O)NC2=S)cc1. The van der Waals surface area contributed by atoms with Gasteiger partial charge in [-0.1, -0.05) is 64.3 Å². The zero-order valence-corrected chi connectivity index (χ0v) is 23.7. The van der Waals surface area contributed by atoms with Crippen LogP contribution in [-0.4, -0.2) is 24.0 Å². The maximum atomic E-state index is 13.4. The summed E-state index contributed by atoms with van der Waals surface area (Å²) in [5.41, 5.74) is 2.91. The minimum atomic E-state index is -0.583. The highest BCUT2D eigenvalue weighted by atomic mass is 79.9. The number of nitrogens with one attached hydrogen (secondary N) is 1. The first kappa shape index (κ1) is 27.1. The van der Waals surface area contributed by atoms with Crippen LogP contribution >= 0.6 is 51.3 Å². The Labute approximate surface area is 238 Å². The fourth-order valence-electron chi connectivity index (χ4n) is 3.66. The van der Waals surface area contributed by atoms with E-state index < -0.39 is 11.8 Å². The second-order valence-corrected chi connectivity index (χ2v) is 10.1. The molecule has 0 radical (unpaired) electrons. The molecule has 37 heavy (non-hydrogen) atoms.